The summed E-state index contributed by atoms with van der Waals surface area (Å²) < 4.78 is 34.0. The average molecular weight is 370 g/mol. The van der Waals surface area contributed by atoms with E-state index in [2.05, 4.69) is 10.1 Å². The Morgan fingerprint density at radius 1 is 1.31 bits per heavy atom. The Bertz CT molecular complexity index is 619. The lowest BCUT2D eigenvalue weighted by Gasteiger charge is -2.31. The first kappa shape index (κ1) is 19.9. The van der Waals surface area contributed by atoms with Gasteiger partial charge in [0.2, 0.25) is 5.91 Å². The molecular weight excluding hydrogens is 346 g/mol. The number of ether oxygens (including phenoxy) is 2. The number of carbonyl (C=O) groups excluding carboxylic acids is 2. The molecule has 0 aromatic heterocycles. The molecule has 0 bridgehead atoms. The fourth-order valence-corrected chi connectivity index (χ4v) is 2.91. The summed E-state index contributed by atoms with van der Waals surface area (Å²) in [5.74, 6) is -0.244. The van der Waals surface area contributed by atoms with E-state index in [9.17, 15) is 18.4 Å². The van der Waals surface area contributed by atoms with Crippen LogP contribution in [0.4, 0.5) is 13.6 Å². The fourth-order valence-electron chi connectivity index (χ4n) is 2.91. The van der Waals surface area contributed by atoms with E-state index in [-0.39, 0.29) is 29.7 Å². The third-order valence-corrected chi connectivity index (χ3v) is 4.33. The highest BCUT2D eigenvalue weighted by atomic mass is 19.3. The maximum atomic E-state index is 12.4. The van der Waals surface area contributed by atoms with Crippen LogP contribution in [0.3, 0.4) is 0 Å². The minimum atomic E-state index is -2.89. The number of hydrogen-bond donors (Lipinski definition) is 1. The predicted octanol–water partition coefficient (Wildman–Crippen LogP) is 3.33. The van der Waals surface area contributed by atoms with Crippen molar-refractivity contribution >= 4 is 12.0 Å². The number of piperidine rings is 1. The van der Waals surface area contributed by atoms with E-state index in [1.165, 1.54) is 12.1 Å². The van der Waals surface area contributed by atoms with Crippen LogP contribution in [0, 0.1) is 5.92 Å². The van der Waals surface area contributed by atoms with Crippen molar-refractivity contribution < 1.29 is 27.8 Å². The summed E-state index contributed by atoms with van der Waals surface area (Å²) in [6.45, 7) is 1.92. The van der Waals surface area contributed by atoms with Gasteiger partial charge >= 0.3 is 12.7 Å². The number of alkyl halides is 2. The normalized spacial score (nSPS) is 16.3. The highest BCUT2D eigenvalue weighted by Crippen LogP contribution is 2.23. The van der Waals surface area contributed by atoms with Gasteiger partial charge in [0.1, 0.15) is 5.75 Å². The van der Waals surface area contributed by atoms with E-state index in [0.717, 1.165) is 0 Å². The SMILES string of the molecule is CCOC(=O)N1CCC(C(=O)NC(C)c2cccc(OC(F)F)c2)CC1. The van der Waals surface area contributed by atoms with Crippen molar-refractivity contribution in [3.8, 4) is 5.75 Å². The first-order chi connectivity index (χ1) is 12.4. The van der Waals surface area contributed by atoms with Crippen LogP contribution in [-0.2, 0) is 9.53 Å². The monoisotopic (exact) mass is 370 g/mol. The summed E-state index contributed by atoms with van der Waals surface area (Å²) in [5, 5.41) is 2.90. The van der Waals surface area contributed by atoms with Gasteiger partial charge in [-0.2, -0.15) is 8.78 Å². The number of benzene rings is 1. The molecule has 1 heterocycles. The largest absolute Gasteiger partial charge is 0.450 e. The summed E-state index contributed by atoms with van der Waals surface area (Å²) in [4.78, 5) is 25.7. The zero-order chi connectivity index (χ0) is 19.1. The van der Waals surface area contributed by atoms with Crippen LogP contribution >= 0.6 is 0 Å². The molecule has 1 N–H and O–H groups in total. The van der Waals surface area contributed by atoms with Gasteiger partial charge in [-0.3, -0.25) is 4.79 Å². The number of likely N-dealkylation sites (tertiary alicyclic amines) is 1. The van der Waals surface area contributed by atoms with Crippen molar-refractivity contribution in [1.82, 2.24) is 10.2 Å². The molecule has 0 saturated carbocycles. The Morgan fingerprint density at radius 3 is 2.62 bits per heavy atom. The molecule has 0 radical (unpaired) electrons. The minimum absolute atomic E-state index is 0.0568. The minimum Gasteiger partial charge on any atom is -0.450 e. The lowest BCUT2D eigenvalue weighted by molar-refractivity contribution is -0.127. The number of nitrogens with one attached hydrogen (secondary N) is 1. The molecule has 2 rings (SSSR count). The zero-order valence-corrected chi connectivity index (χ0v) is 14.9. The van der Waals surface area contributed by atoms with Crippen LogP contribution in [0.25, 0.3) is 0 Å². The summed E-state index contributed by atoms with van der Waals surface area (Å²) in [5.41, 5.74) is 0.681. The number of hydrogen-bond acceptors (Lipinski definition) is 4. The van der Waals surface area contributed by atoms with Gasteiger partial charge in [-0.25, -0.2) is 4.79 Å². The number of nitrogens with zero attached hydrogens (tertiary/aromatic N) is 1. The summed E-state index contributed by atoms with van der Waals surface area (Å²) >= 11 is 0. The quantitative estimate of drug-likeness (QED) is 0.834. The van der Waals surface area contributed by atoms with Crippen molar-refractivity contribution in [3.63, 3.8) is 0 Å². The second kappa shape index (κ2) is 9.35. The smallest absolute Gasteiger partial charge is 0.409 e. The highest BCUT2D eigenvalue weighted by Gasteiger charge is 2.28. The molecule has 1 fully saturated rings. The van der Waals surface area contributed by atoms with Crippen molar-refractivity contribution in [1.29, 1.82) is 0 Å². The molecular formula is C18H24F2N2O4. The van der Waals surface area contributed by atoms with Crippen LogP contribution in [-0.4, -0.2) is 43.2 Å². The summed E-state index contributed by atoms with van der Waals surface area (Å²) in [6.07, 6.45) is 0.771. The van der Waals surface area contributed by atoms with Crippen LogP contribution < -0.4 is 10.1 Å². The van der Waals surface area contributed by atoms with E-state index >= 15 is 0 Å². The fraction of sp³-hybridized carbons (Fsp3) is 0.556. The molecule has 1 atom stereocenters. The van der Waals surface area contributed by atoms with Gasteiger partial charge in [-0.15, -0.1) is 0 Å². The Balaban J connectivity index is 1.87. The third-order valence-electron chi connectivity index (χ3n) is 4.33. The van der Waals surface area contributed by atoms with Gasteiger partial charge in [-0.1, -0.05) is 12.1 Å². The van der Waals surface area contributed by atoms with Gasteiger partial charge in [0.05, 0.1) is 12.6 Å². The lowest BCUT2D eigenvalue weighted by atomic mass is 9.95. The van der Waals surface area contributed by atoms with Crippen molar-refractivity contribution in [2.24, 2.45) is 5.92 Å². The third kappa shape index (κ3) is 5.57. The van der Waals surface area contributed by atoms with Crippen molar-refractivity contribution in [3.05, 3.63) is 29.8 Å². The predicted molar refractivity (Wildman–Crippen MR) is 91.0 cm³/mol. The molecule has 1 aliphatic heterocycles. The van der Waals surface area contributed by atoms with E-state index in [0.29, 0.717) is 38.1 Å². The number of carbonyl (C=O) groups is 2. The van der Waals surface area contributed by atoms with Crippen molar-refractivity contribution in [2.75, 3.05) is 19.7 Å². The number of amides is 2. The molecule has 0 aliphatic carbocycles. The topological polar surface area (TPSA) is 67.9 Å². The molecule has 1 aromatic carbocycles. The molecule has 1 saturated heterocycles. The first-order valence-electron chi connectivity index (χ1n) is 8.67. The zero-order valence-electron chi connectivity index (χ0n) is 14.9. The number of halogens is 2. The van der Waals surface area contributed by atoms with E-state index < -0.39 is 6.61 Å². The van der Waals surface area contributed by atoms with Crippen LogP contribution in [0.5, 0.6) is 5.75 Å². The van der Waals surface area contributed by atoms with E-state index in [4.69, 9.17) is 4.74 Å². The molecule has 144 valence electrons. The standard InChI is InChI=1S/C18H24F2N2O4/c1-3-25-18(24)22-9-7-13(8-10-22)16(23)21-12(2)14-5-4-6-15(11-14)26-17(19)20/h4-6,11-13,17H,3,7-10H2,1-2H3,(H,21,23). The molecule has 8 heteroatoms. The molecule has 6 nitrogen and oxygen atoms in total. The summed E-state index contributed by atoms with van der Waals surface area (Å²) in [6, 6.07) is 5.93. The molecule has 1 aliphatic rings. The Kier molecular flexibility index (Phi) is 7.17. The van der Waals surface area contributed by atoms with Gasteiger partial charge in [0.15, 0.2) is 0 Å². The second-order valence-corrected chi connectivity index (χ2v) is 6.14. The van der Waals surface area contributed by atoms with Gasteiger partial charge in [0.25, 0.3) is 0 Å². The highest BCUT2D eigenvalue weighted by molar-refractivity contribution is 5.79. The molecule has 0 spiro atoms. The first-order valence-corrected chi connectivity index (χ1v) is 8.67. The second-order valence-electron chi connectivity index (χ2n) is 6.14. The van der Waals surface area contributed by atoms with E-state index in [1.807, 2.05) is 0 Å². The van der Waals surface area contributed by atoms with E-state index in [1.54, 1.807) is 30.9 Å². The Morgan fingerprint density at radius 2 is 2.00 bits per heavy atom. The molecule has 26 heavy (non-hydrogen) atoms. The molecule has 1 unspecified atom stereocenters. The van der Waals surface area contributed by atoms with Crippen LogP contribution in [0.1, 0.15) is 38.3 Å². The lowest BCUT2D eigenvalue weighted by Crippen LogP contribution is -2.43. The Labute approximate surface area is 151 Å². The molecule has 1 aromatic rings. The maximum absolute atomic E-state index is 12.4. The maximum Gasteiger partial charge on any atom is 0.409 e. The van der Waals surface area contributed by atoms with Crippen LogP contribution in [0.15, 0.2) is 24.3 Å². The van der Waals surface area contributed by atoms with Crippen molar-refractivity contribution in [2.45, 2.75) is 39.3 Å². The average Bonchev–Trinajstić information content (AvgIpc) is 2.61. The Hall–Kier alpha value is -2.38. The van der Waals surface area contributed by atoms with Crippen LogP contribution in [0.2, 0.25) is 0 Å². The van der Waals surface area contributed by atoms with Gasteiger partial charge < -0.3 is 19.7 Å². The molecule has 2 amide bonds. The van der Waals surface area contributed by atoms with Gasteiger partial charge in [-0.05, 0) is 44.4 Å². The van der Waals surface area contributed by atoms with Gasteiger partial charge in [0, 0.05) is 19.0 Å². The number of rotatable bonds is 6. The summed E-state index contributed by atoms with van der Waals surface area (Å²) in [7, 11) is 0.